The van der Waals surface area contributed by atoms with Crippen LogP contribution >= 0.6 is 12.2 Å². The Balaban J connectivity index is 1.95. The Morgan fingerprint density at radius 2 is 1.75 bits per heavy atom. The third kappa shape index (κ3) is 3.95. The minimum atomic E-state index is 0.504. The molecule has 2 rings (SSSR count). The zero-order valence-corrected chi connectivity index (χ0v) is 13.8. The van der Waals surface area contributed by atoms with Crippen molar-refractivity contribution in [2.75, 3.05) is 5.32 Å². The van der Waals surface area contributed by atoms with E-state index in [0.717, 1.165) is 16.7 Å². The number of hydrogen-bond donors (Lipinski definition) is 2. The number of hydrogen-bond acceptors (Lipinski definition) is 1. The molecule has 1 aromatic carbocycles. The van der Waals surface area contributed by atoms with Gasteiger partial charge in [0.2, 0.25) is 0 Å². The first kappa shape index (κ1) is 15.3. The predicted molar refractivity (Wildman–Crippen MR) is 91.2 cm³/mol. The van der Waals surface area contributed by atoms with Crippen LogP contribution in [-0.2, 0) is 0 Å². The lowest BCUT2D eigenvalue weighted by atomic mass is 9.78. The van der Waals surface area contributed by atoms with E-state index in [2.05, 4.69) is 56.5 Å². The van der Waals surface area contributed by atoms with Gasteiger partial charge in [0.25, 0.3) is 0 Å². The van der Waals surface area contributed by atoms with Crippen molar-refractivity contribution in [3.05, 3.63) is 29.3 Å². The molecule has 3 heteroatoms. The molecule has 0 aliphatic heterocycles. The molecule has 20 heavy (non-hydrogen) atoms. The van der Waals surface area contributed by atoms with Crippen molar-refractivity contribution in [3.63, 3.8) is 0 Å². The summed E-state index contributed by atoms with van der Waals surface area (Å²) in [6, 6.07) is 6.94. The van der Waals surface area contributed by atoms with Gasteiger partial charge >= 0.3 is 0 Å². The predicted octanol–water partition coefficient (Wildman–Crippen LogP) is 4.41. The van der Waals surface area contributed by atoms with Crippen LogP contribution in [0.15, 0.2) is 18.2 Å². The topological polar surface area (TPSA) is 24.1 Å². The lowest BCUT2D eigenvalue weighted by Gasteiger charge is -2.35. The number of anilines is 1. The standard InChI is InChI=1S/C17H26N2S/c1-11-8-12(2)10-15(9-11)18-17(20)19-16-7-5-6-13(3)14(16)4/h8-10,13-14,16H,5-7H2,1-4H3,(H2,18,19,20)/t13-,14-,16+/m1/s1. The van der Waals surface area contributed by atoms with Crippen molar-refractivity contribution < 1.29 is 0 Å². The van der Waals surface area contributed by atoms with Gasteiger partial charge in [0.05, 0.1) is 0 Å². The minimum Gasteiger partial charge on any atom is -0.359 e. The molecule has 0 radical (unpaired) electrons. The van der Waals surface area contributed by atoms with E-state index < -0.39 is 0 Å². The molecule has 2 N–H and O–H groups in total. The van der Waals surface area contributed by atoms with Crippen molar-refractivity contribution in [2.24, 2.45) is 11.8 Å². The molecule has 1 aliphatic carbocycles. The molecule has 110 valence electrons. The molecule has 2 nitrogen and oxygen atoms in total. The van der Waals surface area contributed by atoms with Crippen molar-refractivity contribution >= 4 is 23.0 Å². The number of benzene rings is 1. The van der Waals surface area contributed by atoms with Gasteiger partial charge in [0, 0.05) is 11.7 Å². The summed E-state index contributed by atoms with van der Waals surface area (Å²) in [6.45, 7) is 8.90. The molecular formula is C17H26N2S. The summed E-state index contributed by atoms with van der Waals surface area (Å²) < 4.78 is 0. The molecule has 1 fully saturated rings. The third-order valence-electron chi connectivity index (χ3n) is 4.50. The van der Waals surface area contributed by atoms with Gasteiger partial charge in [-0.25, -0.2) is 0 Å². The highest BCUT2D eigenvalue weighted by molar-refractivity contribution is 7.80. The van der Waals surface area contributed by atoms with E-state index in [1.807, 2.05) is 0 Å². The fraction of sp³-hybridized carbons (Fsp3) is 0.588. The highest BCUT2D eigenvalue weighted by Crippen LogP contribution is 2.29. The quantitative estimate of drug-likeness (QED) is 0.789. The Morgan fingerprint density at radius 1 is 1.10 bits per heavy atom. The van der Waals surface area contributed by atoms with Gasteiger partial charge in [-0.1, -0.05) is 32.8 Å². The number of nitrogens with one attached hydrogen (secondary N) is 2. The average Bonchev–Trinajstić information content (AvgIpc) is 2.33. The Morgan fingerprint density at radius 3 is 2.40 bits per heavy atom. The second-order valence-electron chi connectivity index (χ2n) is 6.35. The molecule has 3 atom stereocenters. The maximum atomic E-state index is 5.47. The molecular weight excluding hydrogens is 264 g/mol. The van der Waals surface area contributed by atoms with E-state index in [-0.39, 0.29) is 0 Å². The van der Waals surface area contributed by atoms with Crippen LogP contribution in [-0.4, -0.2) is 11.2 Å². The molecule has 0 heterocycles. The molecule has 0 aromatic heterocycles. The SMILES string of the molecule is Cc1cc(C)cc(NC(=S)N[C@H]2CCC[C@@H](C)[C@H]2C)c1. The Bertz CT molecular complexity index is 464. The van der Waals surface area contributed by atoms with Crippen LogP contribution in [0.5, 0.6) is 0 Å². The minimum absolute atomic E-state index is 0.504. The molecule has 0 bridgehead atoms. The monoisotopic (exact) mass is 290 g/mol. The smallest absolute Gasteiger partial charge is 0.171 e. The van der Waals surface area contributed by atoms with Gasteiger partial charge in [0.15, 0.2) is 5.11 Å². The summed E-state index contributed by atoms with van der Waals surface area (Å²) in [4.78, 5) is 0. The van der Waals surface area contributed by atoms with E-state index in [0.29, 0.717) is 12.0 Å². The van der Waals surface area contributed by atoms with Gasteiger partial charge in [-0.15, -0.1) is 0 Å². The third-order valence-corrected chi connectivity index (χ3v) is 4.72. The first-order valence-electron chi connectivity index (χ1n) is 7.61. The second kappa shape index (κ2) is 6.57. The number of rotatable bonds is 2. The highest BCUT2D eigenvalue weighted by Gasteiger charge is 2.27. The van der Waals surface area contributed by atoms with Crippen molar-refractivity contribution in [3.8, 4) is 0 Å². The number of aryl methyl sites for hydroxylation is 2. The normalized spacial score (nSPS) is 26.1. The molecule has 0 saturated heterocycles. The second-order valence-corrected chi connectivity index (χ2v) is 6.76. The van der Waals surface area contributed by atoms with Gasteiger partial charge in [-0.3, -0.25) is 0 Å². The van der Waals surface area contributed by atoms with Gasteiger partial charge in [-0.05, 0) is 67.6 Å². The summed E-state index contributed by atoms with van der Waals surface area (Å²) in [7, 11) is 0. The maximum absolute atomic E-state index is 5.47. The average molecular weight is 290 g/mol. The first-order valence-corrected chi connectivity index (χ1v) is 8.02. The molecule has 0 spiro atoms. The van der Waals surface area contributed by atoms with Crippen LogP contribution in [0.1, 0.15) is 44.2 Å². The zero-order valence-electron chi connectivity index (χ0n) is 13.0. The highest BCUT2D eigenvalue weighted by atomic mass is 32.1. The first-order chi connectivity index (χ1) is 9.45. The van der Waals surface area contributed by atoms with E-state index in [1.165, 1.54) is 30.4 Å². The molecule has 1 saturated carbocycles. The fourth-order valence-corrected chi connectivity index (χ4v) is 3.44. The van der Waals surface area contributed by atoms with Crippen molar-refractivity contribution in [1.29, 1.82) is 0 Å². The van der Waals surface area contributed by atoms with E-state index >= 15 is 0 Å². The summed E-state index contributed by atoms with van der Waals surface area (Å²) in [5, 5.41) is 7.58. The lowest BCUT2D eigenvalue weighted by Crippen LogP contribution is -2.45. The summed E-state index contributed by atoms with van der Waals surface area (Å²) >= 11 is 5.47. The Kier molecular flexibility index (Phi) is 5.03. The van der Waals surface area contributed by atoms with Crippen LogP contribution in [0, 0.1) is 25.7 Å². The van der Waals surface area contributed by atoms with Crippen LogP contribution in [0.4, 0.5) is 5.69 Å². The van der Waals surface area contributed by atoms with Gasteiger partial charge in [0.1, 0.15) is 0 Å². The van der Waals surface area contributed by atoms with Gasteiger partial charge < -0.3 is 10.6 Å². The lowest BCUT2D eigenvalue weighted by molar-refractivity contribution is 0.225. The summed E-state index contributed by atoms with van der Waals surface area (Å²) in [5.74, 6) is 1.47. The van der Waals surface area contributed by atoms with Crippen LogP contribution < -0.4 is 10.6 Å². The van der Waals surface area contributed by atoms with Crippen molar-refractivity contribution in [2.45, 2.75) is 53.0 Å². The number of thiocarbonyl (C=S) groups is 1. The van der Waals surface area contributed by atoms with E-state index in [1.54, 1.807) is 0 Å². The summed E-state index contributed by atoms with van der Waals surface area (Å²) in [6.07, 6.45) is 3.87. The summed E-state index contributed by atoms with van der Waals surface area (Å²) in [5.41, 5.74) is 3.60. The fourth-order valence-electron chi connectivity index (χ4n) is 3.17. The largest absolute Gasteiger partial charge is 0.359 e. The molecule has 0 unspecified atom stereocenters. The van der Waals surface area contributed by atoms with Crippen LogP contribution in [0.3, 0.4) is 0 Å². The molecule has 1 aromatic rings. The zero-order chi connectivity index (χ0) is 14.7. The van der Waals surface area contributed by atoms with Crippen molar-refractivity contribution in [1.82, 2.24) is 5.32 Å². The van der Waals surface area contributed by atoms with Gasteiger partial charge in [-0.2, -0.15) is 0 Å². The Hall–Kier alpha value is -1.09. The molecule has 0 amide bonds. The molecule has 1 aliphatic rings. The van der Waals surface area contributed by atoms with Crippen LogP contribution in [0.2, 0.25) is 0 Å². The van der Waals surface area contributed by atoms with E-state index in [9.17, 15) is 0 Å². The maximum Gasteiger partial charge on any atom is 0.171 e. The Labute approximate surface area is 128 Å². The van der Waals surface area contributed by atoms with E-state index in [4.69, 9.17) is 12.2 Å². The van der Waals surface area contributed by atoms with Crippen LogP contribution in [0.25, 0.3) is 0 Å².